The fourth-order valence-electron chi connectivity index (χ4n) is 2.62. The van der Waals surface area contributed by atoms with Gasteiger partial charge in [-0.15, -0.1) is 0 Å². The van der Waals surface area contributed by atoms with E-state index in [-0.39, 0.29) is 15.5 Å². The number of nitrogens with zero attached hydrogens (tertiary/aromatic N) is 2. The molecule has 0 aliphatic carbocycles. The molecule has 7 heteroatoms. The molecule has 1 atom stereocenters. The van der Waals surface area contributed by atoms with Gasteiger partial charge in [-0.2, -0.15) is 9.57 Å². The van der Waals surface area contributed by atoms with Crippen molar-refractivity contribution in [3.8, 4) is 6.07 Å². The highest BCUT2D eigenvalue weighted by atomic mass is 35.5. The van der Waals surface area contributed by atoms with Gasteiger partial charge in [-0.05, 0) is 44.9 Å². The monoisotopic (exact) mass is 328 g/mol. The average Bonchev–Trinajstić information content (AvgIpc) is 2.88. The molecule has 1 heterocycles. The van der Waals surface area contributed by atoms with Gasteiger partial charge in [-0.3, -0.25) is 0 Å². The molecule has 0 radical (unpaired) electrons. The quantitative estimate of drug-likeness (QED) is 0.921. The first-order chi connectivity index (χ1) is 9.67. The van der Waals surface area contributed by atoms with Crippen molar-refractivity contribution in [2.45, 2.75) is 43.2 Å². The van der Waals surface area contributed by atoms with E-state index in [1.54, 1.807) is 13.8 Å². The van der Waals surface area contributed by atoms with E-state index >= 15 is 0 Å². The molecule has 0 spiro atoms. The number of rotatable bonds is 3. The van der Waals surface area contributed by atoms with E-state index in [1.165, 1.54) is 22.5 Å². The number of hydrogen-bond acceptors (Lipinski definition) is 4. The standard InChI is InChI=1S/C14H17ClN2O3S/c1-14(2,18)13-4-3-7-17(13)21(19,20)11-6-5-10(9-16)12(15)8-11/h5-6,8,13,18H,3-4,7H2,1-2H3. The predicted octanol–water partition coefficient (Wildman–Crippen LogP) is 2.14. The maximum absolute atomic E-state index is 12.7. The van der Waals surface area contributed by atoms with Gasteiger partial charge in [0, 0.05) is 6.54 Å². The number of nitriles is 1. The van der Waals surface area contributed by atoms with Gasteiger partial charge >= 0.3 is 0 Å². The lowest BCUT2D eigenvalue weighted by Gasteiger charge is -2.33. The largest absolute Gasteiger partial charge is 0.389 e. The normalized spacial score (nSPS) is 20.4. The third-order valence-electron chi connectivity index (χ3n) is 3.69. The highest BCUT2D eigenvalue weighted by Gasteiger charge is 2.42. The summed E-state index contributed by atoms with van der Waals surface area (Å²) in [6, 6.07) is 5.49. The Kier molecular flexibility index (Phi) is 4.31. The molecular formula is C14H17ClN2O3S. The van der Waals surface area contributed by atoms with Crippen molar-refractivity contribution >= 4 is 21.6 Å². The Morgan fingerprint density at radius 2 is 2.14 bits per heavy atom. The van der Waals surface area contributed by atoms with Crippen LogP contribution >= 0.6 is 11.6 Å². The summed E-state index contributed by atoms with van der Waals surface area (Å²) in [6.07, 6.45) is 1.32. The summed E-state index contributed by atoms with van der Waals surface area (Å²) in [6.45, 7) is 3.59. The SMILES string of the molecule is CC(C)(O)C1CCCN1S(=O)(=O)c1ccc(C#N)c(Cl)c1. The molecular weight excluding hydrogens is 312 g/mol. The average molecular weight is 329 g/mol. The van der Waals surface area contributed by atoms with Crippen molar-refractivity contribution in [3.63, 3.8) is 0 Å². The van der Waals surface area contributed by atoms with E-state index in [0.29, 0.717) is 19.4 Å². The summed E-state index contributed by atoms with van der Waals surface area (Å²) < 4.78 is 26.8. The Balaban J connectivity index is 2.43. The summed E-state index contributed by atoms with van der Waals surface area (Å²) in [5, 5.41) is 19.1. The molecule has 1 N–H and O–H groups in total. The van der Waals surface area contributed by atoms with Gasteiger partial charge in [-0.25, -0.2) is 8.42 Å². The van der Waals surface area contributed by atoms with Crippen molar-refractivity contribution in [2.24, 2.45) is 0 Å². The molecule has 1 aliphatic rings. The minimum atomic E-state index is -3.74. The van der Waals surface area contributed by atoms with Gasteiger partial charge in [-0.1, -0.05) is 11.6 Å². The molecule has 1 fully saturated rings. The van der Waals surface area contributed by atoms with E-state index in [0.717, 1.165) is 0 Å². The fraction of sp³-hybridized carbons (Fsp3) is 0.500. The van der Waals surface area contributed by atoms with Crippen LogP contribution in [-0.2, 0) is 10.0 Å². The molecule has 1 aromatic carbocycles. The molecule has 1 saturated heterocycles. The molecule has 2 rings (SSSR count). The summed E-state index contributed by atoms with van der Waals surface area (Å²) in [4.78, 5) is 0.0441. The molecule has 0 aromatic heterocycles. The molecule has 0 bridgehead atoms. The van der Waals surface area contributed by atoms with Crippen molar-refractivity contribution < 1.29 is 13.5 Å². The highest BCUT2D eigenvalue weighted by molar-refractivity contribution is 7.89. The van der Waals surface area contributed by atoms with Crippen molar-refractivity contribution in [1.82, 2.24) is 4.31 Å². The number of hydrogen-bond donors (Lipinski definition) is 1. The van der Waals surface area contributed by atoms with Crippen LogP contribution in [0.3, 0.4) is 0 Å². The van der Waals surface area contributed by atoms with Gasteiger partial charge < -0.3 is 5.11 Å². The number of aliphatic hydroxyl groups is 1. The minimum Gasteiger partial charge on any atom is -0.389 e. The Labute approximate surface area is 129 Å². The molecule has 1 unspecified atom stereocenters. The van der Waals surface area contributed by atoms with Crippen LogP contribution in [0, 0.1) is 11.3 Å². The molecule has 1 aromatic rings. The lowest BCUT2D eigenvalue weighted by molar-refractivity contribution is 0.0215. The second kappa shape index (κ2) is 5.58. The molecule has 0 amide bonds. The van der Waals surface area contributed by atoms with Crippen LogP contribution in [0.5, 0.6) is 0 Å². The lowest BCUT2D eigenvalue weighted by atomic mass is 9.98. The number of benzene rings is 1. The van der Waals surface area contributed by atoms with Crippen LogP contribution in [0.4, 0.5) is 0 Å². The Morgan fingerprint density at radius 3 is 2.67 bits per heavy atom. The van der Waals surface area contributed by atoms with Crippen LogP contribution in [0.1, 0.15) is 32.3 Å². The maximum atomic E-state index is 12.7. The lowest BCUT2D eigenvalue weighted by Crippen LogP contribution is -2.48. The van der Waals surface area contributed by atoms with Crippen LogP contribution < -0.4 is 0 Å². The number of sulfonamides is 1. The van der Waals surface area contributed by atoms with Crippen LogP contribution in [0.15, 0.2) is 23.1 Å². The molecule has 1 aliphatic heterocycles. The highest BCUT2D eigenvalue weighted by Crippen LogP contribution is 2.33. The fourth-order valence-corrected chi connectivity index (χ4v) is 4.75. The van der Waals surface area contributed by atoms with E-state index in [4.69, 9.17) is 16.9 Å². The topological polar surface area (TPSA) is 81.4 Å². The van der Waals surface area contributed by atoms with Crippen molar-refractivity contribution in [3.05, 3.63) is 28.8 Å². The molecule has 114 valence electrons. The van der Waals surface area contributed by atoms with Gasteiger partial charge in [0.25, 0.3) is 0 Å². The predicted molar refractivity (Wildman–Crippen MR) is 79.4 cm³/mol. The van der Waals surface area contributed by atoms with Crippen molar-refractivity contribution in [1.29, 1.82) is 5.26 Å². The van der Waals surface area contributed by atoms with Gasteiger partial charge in [0.15, 0.2) is 0 Å². The van der Waals surface area contributed by atoms with E-state index < -0.39 is 21.7 Å². The Bertz CT molecular complexity index is 689. The number of halogens is 1. The first kappa shape index (κ1) is 16.2. The zero-order chi connectivity index (χ0) is 15.8. The van der Waals surface area contributed by atoms with Crippen LogP contribution in [0.25, 0.3) is 0 Å². The maximum Gasteiger partial charge on any atom is 0.243 e. The van der Waals surface area contributed by atoms with Gasteiger partial charge in [0.05, 0.1) is 27.1 Å². The minimum absolute atomic E-state index is 0.0441. The Morgan fingerprint density at radius 1 is 1.48 bits per heavy atom. The Hall–Kier alpha value is -1.13. The third-order valence-corrected chi connectivity index (χ3v) is 5.90. The summed E-state index contributed by atoms with van der Waals surface area (Å²) in [7, 11) is -3.74. The first-order valence-electron chi connectivity index (χ1n) is 6.62. The zero-order valence-electron chi connectivity index (χ0n) is 11.9. The van der Waals surface area contributed by atoms with E-state index in [2.05, 4.69) is 0 Å². The van der Waals surface area contributed by atoms with Crippen LogP contribution in [0.2, 0.25) is 5.02 Å². The van der Waals surface area contributed by atoms with E-state index in [9.17, 15) is 13.5 Å². The molecule has 21 heavy (non-hydrogen) atoms. The third kappa shape index (κ3) is 3.06. The smallest absolute Gasteiger partial charge is 0.243 e. The molecule has 0 saturated carbocycles. The molecule has 5 nitrogen and oxygen atoms in total. The summed E-state index contributed by atoms with van der Waals surface area (Å²) in [5.74, 6) is 0. The summed E-state index contributed by atoms with van der Waals surface area (Å²) >= 11 is 5.91. The second-order valence-corrected chi connectivity index (χ2v) is 7.98. The zero-order valence-corrected chi connectivity index (χ0v) is 13.4. The van der Waals surface area contributed by atoms with Crippen LogP contribution in [-0.4, -0.2) is 36.0 Å². The summed E-state index contributed by atoms with van der Waals surface area (Å²) in [5.41, 5.74) is -0.879. The van der Waals surface area contributed by atoms with Gasteiger partial charge in [0.1, 0.15) is 6.07 Å². The van der Waals surface area contributed by atoms with Gasteiger partial charge in [0.2, 0.25) is 10.0 Å². The first-order valence-corrected chi connectivity index (χ1v) is 8.43. The second-order valence-electron chi connectivity index (χ2n) is 5.68. The van der Waals surface area contributed by atoms with Crippen molar-refractivity contribution in [2.75, 3.05) is 6.54 Å². The van der Waals surface area contributed by atoms with E-state index in [1.807, 2.05) is 6.07 Å².